The van der Waals surface area contributed by atoms with Gasteiger partial charge in [0.2, 0.25) is 0 Å². The van der Waals surface area contributed by atoms with Crippen molar-refractivity contribution in [1.82, 2.24) is 20.3 Å². The lowest BCUT2D eigenvalue weighted by atomic mass is 9.86. The van der Waals surface area contributed by atoms with Gasteiger partial charge >= 0.3 is 0 Å². The Morgan fingerprint density at radius 1 is 1.54 bits per heavy atom. The van der Waals surface area contributed by atoms with Gasteiger partial charge in [-0.1, -0.05) is 36.2 Å². The van der Waals surface area contributed by atoms with Crippen LogP contribution in [0, 0.1) is 12.3 Å². The molecule has 2 N–H and O–H groups in total. The minimum Gasteiger partial charge on any atom is -0.396 e. The number of rotatable bonds is 4. The number of nitrogens with zero attached hydrogens (tertiary/aromatic N) is 3. The summed E-state index contributed by atoms with van der Waals surface area (Å²) in [7, 11) is 0. The first-order chi connectivity index (χ1) is 11.4. The molecule has 1 aliphatic carbocycles. The van der Waals surface area contributed by atoms with E-state index < -0.39 is 0 Å². The molecule has 1 saturated carbocycles. The Labute approximate surface area is 145 Å². The summed E-state index contributed by atoms with van der Waals surface area (Å²) in [6.45, 7) is 3.86. The largest absolute Gasteiger partial charge is 0.396 e. The molecule has 3 rings (SSSR count). The number of hydrogen-bond donors (Lipinski definition) is 2. The molecule has 2 atom stereocenters. The van der Waals surface area contributed by atoms with E-state index in [0.717, 1.165) is 24.9 Å². The Bertz CT molecular complexity index is 761. The molecule has 0 saturated heterocycles. The second-order valence-corrected chi connectivity index (χ2v) is 7.08. The maximum Gasteiger partial charge on any atom is 0.274 e. The van der Waals surface area contributed by atoms with Gasteiger partial charge in [-0.05, 0) is 38.0 Å². The van der Waals surface area contributed by atoms with Gasteiger partial charge in [-0.2, -0.15) is 0 Å². The van der Waals surface area contributed by atoms with Gasteiger partial charge in [0.25, 0.3) is 5.91 Å². The third kappa shape index (κ3) is 3.03. The van der Waals surface area contributed by atoms with Gasteiger partial charge in [-0.25, -0.2) is 4.68 Å². The molecule has 128 valence electrons. The van der Waals surface area contributed by atoms with Crippen molar-refractivity contribution in [3.05, 3.63) is 40.7 Å². The van der Waals surface area contributed by atoms with Crippen molar-refractivity contribution in [3.63, 3.8) is 0 Å². The lowest BCUT2D eigenvalue weighted by Crippen LogP contribution is -2.45. The van der Waals surface area contributed by atoms with E-state index in [2.05, 4.69) is 15.6 Å². The van der Waals surface area contributed by atoms with Crippen LogP contribution in [0.5, 0.6) is 0 Å². The Balaban J connectivity index is 1.82. The maximum atomic E-state index is 12.6. The quantitative estimate of drug-likeness (QED) is 0.889. The summed E-state index contributed by atoms with van der Waals surface area (Å²) in [4.78, 5) is 12.6. The van der Waals surface area contributed by atoms with Crippen LogP contribution in [0.1, 0.15) is 42.4 Å². The van der Waals surface area contributed by atoms with E-state index in [1.54, 1.807) is 23.7 Å². The van der Waals surface area contributed by atoms with E-state index in [1.807, 2.05) is 19.1 Å². The summed E-state index contributed by atoms with van der Waals surface area (Å²) in [5, 5.41) is 21.3. The van der Waals surface area contributed by atoms with Crippen molar-refractivity contribution in [2.75, 3.05) is 6.61 Å². The van der Waals surface area contributed by atoms with Crippen LogP contribution < -0.4 is 5.32 Å². The molecule has 2 aromatic rings. The minimum atomic E-state index is -0.271. The standard InChI is InChI=1S/C17H21ClN4O2/c1-11-15(16(24)19-14-7-4-8-17(14,2)10-23)20-21-22(11)13-6-3-5-12(18)9-13/h3,5-6,9,14,23H,4,7-8,10H2,1-2H3,(H,19,24). The molecular weight excluding hydrogens is 328 g/mol. The molecule has 2 unspecified atom stereocenters. The monoisotopic (exact) mass is 348 g/mol. The second-order valence-electron chi connectivity index (χ2n) is 6.65. The molecule has 1 heterocycles. The zero-order valence-corrected chi connectivity index (χ0v) is 14.5. The molecule has 1 amide bonds. The van der Waals surface area contributed by atoms with Gasteiger partial charge in [0, 0.05) is 16.5 Å². The predicted octanol–water partition coefficient (Wildman–Crippen LogP) is 2.51. The van der Waals surface area contributed by atoms with Crippen LogP contribution >= 0.6 is 11.6 Å². The number of carbonyl (C=O) groups is 1. The Morgan fingerprint density at radius 3 is 3.04 bits per heavy atom. The molecule has 7 heteroatoms. The molecule has 0 radical (unpaired) electrons. The van der Waals surface area contributed by atoms with Crippen molar-refractivity contribution in [3.8, 4) is 5.69 Å². The predicted molar refractivity (Wildman–Crippen MR) is 91.4 cm³/mol. The Hall–Kier alpha value is -1.92. The summed E-state index contributed by atoms with van der Waals surface area (Å²) in [5.41, 5.74) is 1.43. The van der Waals surface area contributed by atoms with E-state index in [-0.39, 0.29) is 24.0 Å². The summed E-state index contributed by atoms with van der Waals surface area (Å²) in [5.74, 6) is -0.257. The summed E-state index contributed by atoms with van der Waals surface area (Å²) in [6.07, 6.45) is 2.77. The summed E-state index contributed by atoms with van der Waals surface area (Å²) < 4.78 is 1.60. The van der Waals surface area contributed by atoms with Crippen LogP contribution in [0.3, 0.4) is 0 Å². The molecular formula is C17H21ClN4O2. The fraction of sp³-hybridized carbons (Fsp3) is 0.471. The van der Waals surface area contributed by atoms with Gasteiger partial charge in [0.05, 0.1) is 18.0 Å². The first-order valence-electron chi connectivity index (χ1n) is 8.04. The summed E-state index contributed by atoms with van der Waals surface area (Å²) in [6, 6.07) is 7.18. The van der Waals surface area contributed by atoms with Gasteiger partial charge in [0.15, 0.2) is 5.69 Å². The zero-order valence-electron chi connectivity index (χ0n) is 13.8. The fourth-order valence-corrected chi connectivity index (χ4v) is 3.47. The highest BCUT2D eigenvalue weighted by Gasteiger charge is 2.39. The van der Waals surface area contributed by atoms with Crippen molar-refractivity contribution in [2.24, 2.45) is 5.41 Å². The van der Waals surface area contributed by atoms with Gasteiger partial charge in [0.1, 0.15) is 0 Å². The van der Waals surface area contributed by atoms with Crippen molar-refractivity contribution >= 4 is 17.5 Å². The molecule has 1 aromatic heterocycles. The van der Waals surface area contributed by atoms with Crippen molar-refractivity contribution in [2.45, 2.75) is 39.2 Å². The van der Waals surface area contributed by atoms with E-state index in [9.17, 15) is 9.90 Å². The number of nitrogens with one attached hydrogen (secondary N) is 1. The fourth-order valence-electron chi connectivity index (χ4n) is 3.29. The first kappa shape index (κ1) is 16.9. The Kier molecular flexibility index (Phi) is 4.60. The topological polar surface area (TPSA) is 80.0 Å². The minimum absolute atomic E-state index is 0.0503. The third-order valence-electron chi connectivity index (χ3n) is 4.91. The highest BCUT2D eigenvalue weighted by Crippen LogP contribution is 2.37. The van der Waals surface area contributed by atoms with Crippen molar-refractivity contribution in [1.29, 1.82) is 0 Å². The average Bonchev–Trinajstić information content (AvgIpc) is 3.11. The average molecular weight is 349 g/mol. The first-order valence-corrected chi connectivity index (χ1v) is 8.42. The van der Waals surface area contributed by atoms with E-state index in [1.165, 1.54) is 0 Å². The van der Waals surface area contributed by atoms with Crippen LogP contribution in [0.15, 0.2) is 24.3 Å². The molecule has 0 spiro atoms. The van der Waals surface area contributed by atoms with E-state index in [0.29, 0.717) is 16.4 Å². The summed E-state index contributed by atoms with van der Waals surface area (Å²) >= 11 is 6.01. The number of aliphatic hydroxyl groups excluding tert-OH is 1. The molecule has 6 nitrogen and oxygen atoms in total. The maximum absolute atomic E-state index is 12.6. The van der Waals surface area contributed by atoms with E-state index in [4.69, 9.17) is 11.6 Å². The molecule has 0 bridgehead atoms. The second kappa shape index (κ2) is 6.53. The molecule has 1 aromatic carbocycles. The van der Waals surface area contributed by atoms with Crippen molar-refractivity contribution < 1.29 is 9.90 Å². The number of halogens is 1. The normalized spacial score (nSPS) is 23.4. The number of aliphatic hydroxyl groups is 1. The van der Waals surface area contributed by atoms with Gasteiger partial charge in [-0.15, -0.1) is 5.10 Å². The lowest BCUT2D eigenvalue weighted by molar-refractivity contribution is 0.0825. The third-order valence-corrected chi connectivity index (χ3v) is 5.15. The highest BCUT2D eigenvalue weighted by atomic mass is 35.5. The van der Waals surface area contributed by atoms with Crippen LogP contribution in [0.4, 0.5) is 0 Å². The molecule has 1 aliphatic rings. The zero-order chi connectivity index (χ0) is 17.3. The number of hydrogen-bond acceptors (Lipinski definition) is 4. The van der Waals surface area contributed by atoms with Gasteiger partial charge < -0.3 is 10.4 Å². The number of aromatic nitrogens is 3. The smallest absolute Gasteiger partial charge is 0.274 e. The van der Waals surface area contributed by atoms with Crippen LogP contribution in [0.2, 0.25) is 5.02 Å². The Morgan fingerprint density at radius 2 is 2.33 bits per heavy atom. The number of benzene rings is 1. The SMILES string of the molecule is Cc1c(C(=O)NC2CCCC2(C)CO)nnn1-c1cccc(Cl)c1. The molecule has 0 aliphatic heterocycles. The van der Waals surface area contributed by atoms with Gasteiger partial charge in [-0.3, -0.25) is 4.79 Å². The number of carbonyl (C=O) groups excluding carboxylic acids is 1. The highest BCUT2D eigenvalue weighted by molar-refractivity contribution is 6.30. The number of amides is 1. The van der Waals surface area contributed by atoms with Crippen LogP contribution in [-0.4, -0.2) is 38.7 Å². The molecule has 24 heavy (non-hydrogen) atoms. The molecule has 1 fully saturated rings. The van der Waals surface area contributed by atoms with E-state index >= 15 is 0 Å². The van der Waals surface area contributed by atoms with Crippen LogP contribution in [-0.2, 0) is 0 Å². The van der Waals surface area contributed by atoms with Crippen LogP contribution in [0.25, 0.3) is 5.69 Å². The lowest BCUT2D eigenvalue weighted by Gasteiger charge is -2.29.